The molecule has 0 spiro atoms. The fourth-order valence-electron chi connectivity index (χ4n) is 0.637. The highest BCUT2D eigenvalue weighted by molar-refractivity contribution is 7.71. The van der Waals surface area contributed by atoms with Crippen LogP contribution in [0.3, 0.4) is 0 Å². The lowest BCUT2D eigenvalue weighted by Crippen LogP contribution is -2.16. The fourth-order valence-corrected chi connectivity index (χ4v) is 0.880. The van der Waals surface area contributed by atoms with Crippen LogP contribution in [0.25, 0.3) is 0 Å². The third-order valence-corrected chi connectivity index (χ3v) is 1.43. The van der Waals surface area contributed by atoms with Crippen molar-refractivity contribution < 1.29 is 13.2 Å². The molecule has 0 aliphatic heterocycles. The van der Waals surface area contributed by atoms with Gasteiger partial charge in [-0.1, -0.05) is 18.3 Å². The summed E-state index contributed by atoms with van der Waals surface area (Å²) in [6.45, 7) is 0. The Hall–Kier alpha value is -0.840. The molecule has 60 valence electrons. The molecule has 0 N–H and O–H groups in total. The molecule has 1 heterocycles. The Kier molecular flexibility index (Phi) is 1.99. The van der Waals surface area contributed by atoms with Crippen molar-refractivity contribution in [3.8, 4) is 0 Å². The second-order valence-corrected chi connectivity index (χ2v) is 2.29. The Morgan fingerprint density at radius 2 is 1.91 bits per heavy atom. The van der Waals surface area contributed by atoms with Gasteiger partial charge in [0.1, 0.15) is 4.64 Å². The maximum Gasteiger partial charge on any atom is 0.489 e. The molecule has 0 unspecified atom stereocenters. The lowest BCUT2D eigenvalue weighted by Gasteiger charge is -2.09. The van der Waals surface area contributed by atoms with Crippen LogP contribution in [0.4, 0.5) is 13.2 Å². The molecule has 0 aliphatic rings. The average molecular weight is 179 g/mol. The minimum absolute atomic E-state index is 0.0856. The number of pyridine rings is 1. The summed E-state index contributed by atoms with van der Waals surface area (Å²) in [7, 11) is 0. The molecule has 0 atom stereocenters. The number of aromatic nitrogens is 1. The summed E-state index contributed by atoms with van der Waals surface area (Å²) in [6.07, 6.45) is -3.51. The zero-order valence-corrected chi connectivity index (χ0v) is 6.12. The fraction of sp³-hybridized carbons (Fsp3) is 0.167. The van der Waals surface area contributed by atoms with Crippen LogP contribution in [-0.2, 0) is 6.30 Å². The monoisotopic (exact) mass is 179 g/mol. The van der Waals surface area contributed by atoms with Gasteiger partial charge < -0.3 is 0 Å². The first-order valence-electron chi connectivity index (χ1n) is 2.77. The number of hydrogen-bond acceptors (Lipinski definition) is 1. The first-order valence-corrected chi connectivity index (χ1v) is 3.17. The second-order valence-electron chi connectivity index (χ2n) is 1.88. The summed E-state index contributed by atoms with van der Waals surface area (Å²) in [5, 5.41) is 0. The van der Waals surface area contributed by atoms with E-state index in [1.54, 1.807) is 0 Å². The largest absolute Gasteiger partial charge is 0.489 e. The molecule has 1 nitrogen and oxygen atoms in total. The second kappa shape index (κ2) is 2.65. The van der Waals surface area contributed by atoms with Crippen LogP contribution in [0, 0.1) is 4.64 Å². The third-order valence-electron chi connectivity index (χ3n) is 1.10. The van der Waals surface area contributed by atoms with Crippen molar-refractivity contribution in [3.05, 3.63) is 29.0 Å². The smallest absolute Gasteiger partial charge is 0.250 e. The Labute approximate surface area is 66.1 Å². The Balaban J connectivity index is 3.26. The van der Waals surface area contributed by atoms with E-state index in [1.165, 1.54) is 18.2 Å². The van der Waals surface area contributed by atoms with E-state index in [4.69, 9.17) is 0 Å². The van der Waals surface area contributed by atoms with Gasteiger partial charge in [0.05, 0.1) is 0 Å². The van der Waals surface area contributed by atoms with Crippen LogP contribution in [0.15, 0.2) is 24.4 Å². The van der Waals surface area contributed by atoms with Crippen LogP contribution in [0.5, 0.6) is 0 Å². The molecule has 0 amide bonds. The van der Waals surface area contributed by atoms with Gasteiger partial charge in [0.2, 0.25) is 0 Å². The summed E-state index contributed by atoms with van der Waals surface area (Å²) in [4.78, 5) is 0. The molecule has 0 radical (unpaired) electrons. The summed E-state index contributed by atoms with van der Waals surface area (Å²) >= 11 is 4.44. The minimum atomic E-state index is -4.40. The van der Waals surface area contributed by atoms with Crippen LogP contribution >= 0.6 is 12.2 Å². The first-order chi connectivity index (χ1) is 5.02. The summed E-state index contributed by atoms with van der Waals surface area (Å²) in [5.74, 6) is 0. The zero-order valence-electron chi connectivity index (χ0n) is 5.30. The van der Waals surface area contributed by atoms with Gasteiger partial charge in [-0.3, -0.25) is 0 Å². The molecule has 0 saturated heterocycles. The Bertz CT molecular complexity index is 301. The molecule has 11 heavy (non-hydrogen) atoms. The summed E-state index contributed by atoms with van der Waals surface area (Å²) < 4.78 is 35.7. The zero-order chi connectivity index (χ0) is 8.48. The van der Waals surface area contributed by atoms with Crippen molar-refractivity contribution >= 4 is 12.2 Å². The molecule has 0 saturated carbocycles. The molecule has 1 aromatic rings. The number of hydrogen-bond donors (Lipinski definition) is 0. The molecule has 0 aliphatic carbocycles. The highest BCUT2D eigenvalue weighted by atomic mass is 32.1. The van der Waals surface area contributed by atoms with Gasteiger partial charge in [0.25, 0.3) is 0 Å². The standard InChI is InChI=1S/C6H4F3NS/c7-6(8,9)10-4-2-1-3-5(10)11/h1-4H. The number of rotatable bonds is 0. The van der Waals surface area contributed by atoms with Gasteiger partial charge in [-0.05, 0) is 12.1 Å². The molecular formula is C6H4F3NS. The molecular weight excluding hydrogens is 175 g/mol. The van der Waals surface area contributed by atoms with Crippen LogP contribution < -0.4 is 0 Å². The van der Waals surface area contributed by atoms with E-state index in [1.807, 2.05) is 0 Å². The van der Waals surface area contributed by atoms with Crippen molar-refractivity contribution in [2.75, 3.05) is 0 Å². The first kappa shape index (κ1) is 8.26. The van der Waals surface area contributed by atoms with Crippen molar-refractivity contribution in [1.82, 2.24) is 4.57 Å². The lowest BCUT2D eigenvalue weighted by molar-refractivity contribution is -0.205. The van der Waals surface area contributed by atoms with Crippen LogP contribution in [0.1, 0.15) is 0 Å². The SMILES string of the molecule is FC(F)(F)n1ccccc1=S. The topological polar surface area (TPSA) is 4.93 Å². The number of halogens is 3. The van der Waals surface area contributed by atoms with Crippen LogP contribution in [0.2, 0.25) is 0 Å². The third kappa shape index (κ3) is 1.80. The van der Waals surface area contributed by atoms with Crippen molar-refractivity contribution in [1.29, 1.82) is 0 Å². The van der Waals surface area contributed by atoms with E-state index >= 15 is 0 Å². The van der Waals surface area contributed by atoms with Gasteiger partial charge in [-0.25, -0.2) is 4.57 Å². The molecule has 5 heteroatoms. The van der Waals surface area contributed by atoms with Gasteiger partial charge in [-0.2, -0.15) is 0 Å². The molecule has 1 rings (SSSR count). The van der Waals surface area contributed by atoms with E-state index in [0.717, 1.165) is 6.20 Å². The van der Waals surface area contributed by atoms with E-state index < -0.39 is 6.30 Å². The Morgan fingerprint density at radius 3 is 2.27 bits per heavy atom. The lowest BCUT2D eigenvalue weighted by atomic mass is 10.5. The minimum Gasteiger partial charge on any atom is -0.250 e. The van der Waals surface area contributed by atoms with Gasteiger partial charge in [-0.15, -0.1) is 13.2 Å². The van der Waals surface area contributed by atoms with Gasteiger partial charge in [0, 0.05) is 6.20 Å². The van der Waals surface area contributed by atoms with E-state index in [-0.39, 0.29) is 9.21 Å². The summed E-state index contributed by atoms with van der Waals surface area (Å²) in [6, 6.07) is 3.97. The predicted octanol–water partition coefficient (Wildman–Crippen LogP) is 2.69. The normalized spacial score (nSPS) is 11.5. The quantitative estimate of drug-likeness (QED) is 0.554. The van der Waals surface area contributed by atoms with E-state index in [0.29, 0.717) is 0 Å². The molecule has 0 bridgehead atoms. The molecule has 0 fully saturated rings. The molecule has 0 aromatic carbocycles. The predicted molar refractivity (Wildman–Crippen MR) is 36.6 cm³/mol. The van der Waals surface area contributed by atoms with E-state index in [9.17, 15) is 13.2 Å². The highest BCUT2D eigenvalue weighted by Crippen LogP contribution is 2.21. The average Bonchev–Trinajstić information content (AvgIpc) is 1.86. The highest BCUT2D eigenvalue weighted by Gasteiger charge is 2.29. The molecule has 1 aromatic heterocycles. The van der Waals surface area contributed by atoms with Gasteiger partial charge in [0.15, 0.2) is 0 Å². The van der Waals surface area contributed by atoms with E-state index in [2.05, 4.69) is 12.2 Å². The number of alkyl halides is 3. The van der Waals surface area contributed by atoms with Crippen molar-refractivity contribution in [2.24, 2.45) is 0 Å². The maximum absolute atomic E-state index is 11.9. The van der Waals surface area contributed by atoms with Crippen LogP contribution in [-0.4, -0.2) is 4.57 Å². The Morgan fingerprint density at radius 1 is 1.27 bits per heavy atom. The summed E-state index contributed by atoms with van der Waals surface area (Å²) in [5.41, 5.74) is 0. The van der Waals surface area contributed by atoms with Crippen molar-refractivity contribution in [3.63, 3.8) is 0 Å². The van der Waals surface area contributed by atoms with Gasteiger partial charge >= 0.3 is 6.30 Å². The van der Waals surface area contributed by atoms with Crippen molar-refractivity contribution in [2.45, 2.75) is 6.30 Å². The maximum atomic E-state index is 11.9. The number of nitrogens with zero attached hydrogens (tertiary/aromatic N) is 1.